The van der Waals surface area contributed by atoms with Crippen molar-refractivity contribution in [3.05, 3.63) is 71.9 Å². The molecule has 1 aromatic heterocycles. The van der Waals surface area contributed by atoms with Crippen molar-refractivity contribution in [2.45, 2.75) is 288 Å². The van der Waals surface area contributed by atoms with Crippen molar-refractivity contribution < 1.29 is 67.4 Å². The van der Waals surface area contributed by atoms with Crippen molar-refractivity contribution in [3.63, 3.8) is 0 Å². The lowest BCUT2D eigenvalue weighted by molar-refractivity contribution is -0.139. The summed E-state index contributed by atoms with van der Waals surface area (Å²) < 4.78 is 0. The summed E-state index contributed by atoms with van der Waals surface area (Å²) in [5.74, 6) is -11.6. The molecule has 112 heavy (non-hydrogen) atoms. The average molecular weight is 1570 g/mol. The summed E-state index contributed by atoms with van der Waals surface area (Å²) in [6, 6.07) is 1.80. The minimum Gasteiger partial charge on any atom is -0.481 e. The van der Waals surface area contributed by atoms with Crippen LogP contribution in [0.5, 0.6) is 0 Å². The fourth-order valence-electron chi connectivity index (χ4n) is 12.9. The largest absolute Gasteiger partial charge is 0.481 e. The minimum absolute atomic E-state index is 0.00456. The Balaban J connectivity index is 2.04. The first-order valence-corrected chi connectivity index (χ1v) is 40.5. The first-order valence-electron chi connectivity index (χ1n) is 40.5. The van der Waals surface area contributed by atoms with Gasteiger partial charge in [0.2, 0.25) is 70.9 Å². The van der Waals surface area contributed by atoms with E-state index in [-0.39, 0.29) is 95.8 Å². The number of carboxylic acids is 1. The first-order chi connectivity index (χ1) is 53.6. The van der Waals surface area contributed by atoms with E-state index in [2.05, 4.69) is 70.4 Å². The predicted octanol–water partition coefficient (Wildman–Crippen LogP) is 2.39. The van der Waals surface area contributed by atoms with Crippen LogP contribution < -0.4 is 92.9 Å². The minimum atomic E-state index is -1.57. The molecule has 0 fully saturated rings. The summed E-state index contributed by atoms with van der Waals surface area (Å²) >= 11 is 0. The molecule has 32 heteroatoms. The van der Waals surface area contributed by atoms with E-state index in [0.29, 0.717) is 94.7 Å². The Bertz CT molecular complexity index is 3400. The number of para-hydroxylation sites is 1. The number of primary amides is 1. The van der Waals surface area contributed by atoms with E-state index < -0.39 is 162 Å². The monoisotopic (exact) mass is 1570 g/mol. The zero-order valence-corrected chi connectivity index (χ0v) is 67.2. The molecule has 0 radical (unpaired) electrons. The highest BCUT2D eigenvalue weighted by atomic mass is 16.4. The number of rotatable bonds is 60. The molecule has 0 spiro atoms. The molecule has 0 saturated carbocycles. The molecule has 12 amide bonds. The number of carboxylic acid groups (broad SMARTS) is 1. The standard InChI is InChI=1S/C80H134N18O14/c1-8-10-11-12-16-38-66(99)88-57(33-19-24-41-81)71(103)96-65(48-54-49-87-56-32-18-17-31-55(54)56)79(111)92-59(35-21-26-43-83)73(105)94-63(46-50(3)4)77(109)95-64(47-53-29-14-13-15-30-53)78(110)91-58(34-20-25-42-82)72(104)89-61(37-23-28-45-85)76(108)98-69(52(7)9-2)80(112)93-62(39-40-67(100)101)74(106)90-60(36-22-27-44-84)75(107)97-68(51(5)6)70(86)102/h13-15,17-18,29-32,49-52,57-65,68-69,87H,8-12,16,19-28,33-48,81-85H2,1-7H3,(H2,86,102)(H,88,99)(H,89,104)(H,90,106)(H,91,110)(H,92,111)(H,93,112)(H,94,105)(H,95,109)(H,96,103)(H,97,107)(H,98,108)(H,100,101)/t52-,57-,58-,59-,60-,61-,62-,63-,64-,65-,68-,69-/m0/s1. The SMILES string of the molecule is CCCCCCCC(=O)N[C@@H](CCCCN)C(=O)N[C@@H](Cc1c[nH]c2ccccc12)C(=O)N[C@@H](CCCCN)C(=O)N[C@@H](CC(C)C)C(=O)N[C@@H](Cc1ccccc1)C(=O)N[C@@H](CCCCN)C(=O)N[C@@H](CCCCN)C(=O)N[C@H](C(=O)N[C@@H](CCC(=O)O)C(=O)N[C@@H](CCCCN)C(=O)N[C@H](C(N)=O)C(C)C)[C@@H](C)CC. The van der Waals surface area contributed by atoms with Gasteiger partial charge in [-0.3, -0.25) is 62.3 Å². The molecule has 628 valence electrons. The van der Waals surface area contributed by atoms with Crippen molar-refractivity contribution in [2.75, 3.05) is 32.7 Å². The number of aromatic amines is 1. The van der Waals surface area contributed by atoms with Crippen LogP contribution >= 0.6 is 0 Å². The van der Waals surface area contributed by atoms with E-state index in [1.54, 1.807) is 64.2 Å². The summed E-state index contributed by atoms with van der Waals surface area (Å²) in [5, 5.41) is 41.2. The molecule has 0 saturated heterocycles. The number of aliphatic carboxylic acids is 1. The highest BCUT2D eigenvalue weighted by Gasteiger charge is 2.38. The first kappa shape index (κ1) is 97.1. The average Bonchev–Trinajstić information content (AvgIpc) is 1.63. The smallest absolute Gasteiger partial charge is 0.303 e. The Kier molecular flexibility index (Phi) is 47.3. The van der Waals surface area contributed by atoms with Gasteiger partial charge in [-0.15, -0.1) is 0 Å². The zero-order chi connectivity index (χ0) is 83.1. The molecule has 0 aliphatic carbocycles. The number of hydrogen-bond acceptors (Lipinski definition) is 18. The zero-order valence-electron chi connectivity index (χ0n) is 67.2. The number of H-pyrrole nitrogens is 1. The third kappa shape index (κ3) is 36.6. The summed E-state index contributed by atoms with van der Waals surface area (Å²) in [6.07, 6.45) is 10.2. The van der Waals surface area contributed by atoms with E-state index in [4.69, 9.17) is 34.4 Å². The van der Waals surface area contributed by atoms with Gasteiger partial charge in [-0.25, -0.2) is 0 Å². The second kappa shape index (κ2) is 54.5. The third-order valence-corrected chi connectivity index (χ3v) is 19.8. The van der Waals surface area contributed by atoms with Crippen LogP contribution in [-0.4, -0.2) is 186 Å². The van der Waals surface area contributed by atoms with Gasteiger partial charge in [0.25, 0.3) is 0 Å². The Labute approximate surface area is 660 Å². The molecule has 0 bridgehead atoms. The summed E-state index contributed by atoms with van der Waals surface area (Å²) in [7, 11) is 0. The second-order valence-corrected chi connectivity index (χ2v) is 30.0. The Morgan fingerprint density at radius 1 is 0.384 bits per heavy atom. The lowest BCUT2D eigenvalue weighted by atomic mass is 9.96. The van der Waals surface area contributed by atoms with Crippen LogP contribution in [0.1, 0.15) is 220 Å². The summed E-state index contributed by atoms with van der Waals surface area (Å²) in [4.78, 5) is 188. The number of amides is 12. The molecular weight excluding hydrogens is 1440 g/mol. The van der Waals surface area contributed by atoms with E-state index >= 15 is 9.59 Å². The van der Waals surface area contributed by atoms with Gasteiger partial charge in [0.1, 0.15) is 66.5 Å². The van der Waals surface area contributed by atoms with Crippen molar-refractivity contribution in [2.24, 2.45) is 52.2 Å². The number of hydrogen-bond donors (Lipinski definition) is 19. The van der Waals surface area contributed by atoms with Crippen LogP contribution in [0.2, 0.25) is 0 Å². The lowest BCUT2D eigenvalue weighted by Gasteiger charge is -2.30. The maximum Gasteiger partial charge on any atom is 0.303 e. The van der Waals surface area contributed by atoms with Crippen LogP contribution in [0.15, 0.2) is 60.8 Å². The van der Waals surface area contributed by atoms with E-state index in [9.17, 15) is 57.8 Å². The molecule has 1 heterocycles. The molecule has 12 atom stereocenters. The lowest BCUT2D eigenvalue weighted by Crippen LogP contribution is -2.61. The van der Waals surface area contributed by atoms with Crippen LogP contribution in [0.25, 0.3) is 10.9 Å². The molecule has 3 rings (SSSR count). The Morgan fingerprint density at radius 3 is 1.19 bits per heavy atom. The Hall–Kier alpha value is -9.11. The van der Waals surface area contributed by atoms with Gasteiger partial charge in [0, 0.05) is 42.8 Å². The fourth-order valence-corrected chi connectivity index (χ4v) is 12.9. The van der Waals surface area contributed by atoms with Gasteiger partial charge in [0.05, 0.1) is 0 Å². The van der Waals surface area contributed by atoms with Crippen molar-refractivity contribution in [1.29, 1.82) is 0 Å². The van der Waals surface area contributed by atoms with Crippen molar-refractivity contribution in [1.82, 2.24) is 63.5 Å². The summed E-state index contributed by atoms with van der Waals surface area (Å²) in [6.45, 7) is 13.8. The predicted molar refractivity (Wildman–Crippen MR) is 431 cm³/mol. The van der Waals surface area contributed by atoms with Crippen molar-refractivity contribution >= 4 is 87.8 Å². The number of carbonyl (C=O) groups is 13. The second-order valence-electron chi connectivity index (χ2n) is 30.0. The van der Waals surface area contributed by atoms with Crippen molar-refractivity contribution in [3.8, 4) is 0 Å². The number of carbonyl (C=O) groups excluding carboxylic acids is 12. The number of nitrogens with two attached hydrogens (primary N) is 6. The molecule has 0 aliphatic rings. The molecule has 32 nitrogen and oxygen atoms in total. The fraction of sp³-hybridized carbons (Fsp3) is 0.662. The number of benzene rings is 2. The van der Waals surface area contributed by atoms with Gasteiger partial charge in [-0.1, -0.05) is 129 Å². The molecule has 0 unspecified atom stereocenters. The number of aromatic nitrogens is 1. The van der Waals surface area contributed by atoms with Crippen LogP contribution in [0.3, 0.4) is 0 Å². The van der Waals surface area contributed by atoms with Crippen LogP contribution in [0, 0.1) is 17.8 Å². The van der Waals surface area contributed by atoms with E-state index in [1.165, 1.54) is 0 Å². The van der Waals surface area contributed by atoms with Gasteiger partial charge < -0.3 is 103 Å². The van der Waals surface area contributed by atoms with Gasteiger partial charge in [-0.05, 0) is 183 Å². The molecule has 25 N–H and O–H groups in total. The maximum absolute atomic E-state index is 15.1. The molecule has 0 aliphatic heterocycles. The van der Waals surface area contributed by atoms with Gasteiger partial charge in [-0.2, -0.15) is 0 Å². The summed E-state index contributed by atoms with van der Waals surface area (Å²) in [5.41, 5.74) is 37.0. The van der Waals surface area contributed by atoms with E-state index in [0.717, 1.165) is 36.6 Å². The topological polar surface area (TPSA) is 546 Å². The van der Waals surface area contributed by atoms with Gasteiger partial charge >= 0.3 is 5.97 Å². The quantitative estimate of drug-likeness (QED) is 0.0361. The highest BCUT2D eigenvalue weighted by Crippen LogP contribution is 2.21. The highest BCUT2D eigenvalue weighted by molar-refractivity contribution is 6.00. The number of nitrogens with one attached hydrogen (secondary N) is 12. The number of fused-ring (bicyclic) bond motifs is 1. The van der Waals surface area contributed by atoms with E-state index in [1.807, 2.05) is 38.1 Å². The third-order valence-electron chi connectivity index (χ3n) is 19.8. The van der Waals surface area contributed by atoms with Gasteiger partial charge in [0.15, 0.2) is 0 Å². The Morgan fingerprint density at radius 2 is 0.759 bits per heavy atom. The van der Waals surface area contributed by atoms with Crippen LogP contribution in [0.4, 0.5) is 0 Å². The molecule has 3 aromatic rings. The molecular formula is C80H134N18O14. The number of unbranched alkanes of at least 4 members (excludes halogenated alkanes) is 9. The normalized spacial score (nSPS) is 14.6. The maximum atomic E-state index is 15.1. The van der Waals surface area contributed by atoms with Crippen LogP contribution in [-0.2, 0) is 75.2 Å². The molecule has 2 aromatic carbocycles.